The molecule has 0 bridgehead atoms. The van der Waals surface area contributed by atoms with Crippen LogP contribution < -0.4 is 10.6 Å². The molecule has 3 N–H and O–H groups in total. The van der Waals surface area contributed by atoms with Gasteiger partial charge in [-0.3, -0.25) is 14.9 Å². The van der Waals surface area contributed by atoms with Crippen molar-refractivity contribution in [3.63, 3.8) is 0 Å². The largest absolute Gasteiger partial charge is 0.392 e. The lowest BCUT2D eigenvalue weighted by molar-refractivity contribution is -0.384. The van der Waals surface area contributed by atoms with E-state index in [0.29, 0.717) is 5.56 Å². The van der Waals surface area contributed by atoms with Crippen molar-refractivity contribution >= 4 is 17.3 Å². The van der Waals surface area contributed by atoms with E-state index in [2.05, 4.69) is 10.6 Å². The molecule has 132 valence electrons. The second-order valence-corrected chi connectivity index (χ2v) is 5.05. The van der Waals surface area contributed by atoms with Crippen LogP contribution >= 0.6 is 0 Å². The van der Waals surface area contributed by atoms with E-state index >= 15 is 0 Å². The van der Waals surface area contributed by atoms with Crippen LogP contribution in [0.5, 0.6) is 0 Å². The number of hydrogen-bond acceptors (Lipinski definition) is 5. The number of halogens is 2. The standard InChI is InChI=1S/C16H15F2N3O4/c17-11-2-1-3-12(18)15(11)16(23)20-7-6-19-13-8-10(9-22)4-5-14(13)21(24)25/h1-5,8,19,22H,6-7,9H2,(H,20,23). The van der Waals surface area contributed by atoms with Gasteiger partial charge in [0.25, 0.3) is 11.6 Å². The van der Waals surface area contributed by atoms with Gasteiger partial charge in [-0.05, 0) is 29.8 Å². The highest BCUT2D eigenvalue weighted by Gasteiger charge is 2.17. The Labute approximate surface area is 141 Å². The third kappa shape index (κ3) is 4.48. The van der Waals surface area contributed by atoms with Crippen LogP contribution in [0, 0.1) is 21.7 Å². The second kappa shape index (κ2) is 8.15. The van der Waals surface area contributed by atoms with Gasteiger partial charge in [0.1, 0.15) is 22.9 Å². The first-order valence-electron chi connectivity index (χ1n) is 7.28. The van der Waals surface area contributed by atoms with Gasteiger partial charge in [0, 0.05) is 19.2 Å². The number of nitrogens with zero attached hydrogens (tertiary/aromatic N) is 1. The van der Waals surface area contributed by atoms with E-state index in [1.54, 1.807) is 0 Å². The van der Waals surface area contributed by atoms with Gasteiger partial charge in [-0.1, -0.05) is 6.07 Å². The third-order valence-electron chi connectivity index (χ3n) is 3.36. The normalized spacial score (nSPS) is 10.4. The van der Waals surface area contributed by atoms with Crippen LogP contribution in [-0.4, -0.2) is 29.0 Å². The molecule has 0 radical (unpaired) electrons. The Morgan fingerprint density at radius 1 is 1.16 bits per heavy atom. The molecule has 2 rings (SSSR count). The fraction of sp³-hybridized carbons (Fsp3) is 0.188. The molecular weight excluding hydrogens is 336 g/mol. The fourth-order valence-electron chi connectivity index (χ4n) is 2.16. The lowest BCUT2D eigenvalue weighted by Gasteiger charge is -2.10. The van der Waals surface area contributed by atoms with Gasteiger partial charge in [-0.25, -0.2) is 8.78 Å². The number of amides is 1. The van der Waals surface area contributed by atoms with E-state index < -0.39 is 28.0 Å². The van der Waals surface area contributed by atoms with Crippen LogP contribution in [0.15, 0.2) is 36.4 Å². The molecule has 0 saturated carbocycles. The lowest BCUT2D eigenvalue weighted by atomic mass is 10.1. The Morgan fingerprint density at radius 2 is 1.84 bits per heavy atom. The number of anilines is 1. The summed E-state index contributed by atoms with van der Waals surface area (Å²) in [7, 11) is 0. The maximum absolute atomic E-state index is 13.5. The van der Waals surface area contributed by atoms with Crippen LogP contribution in [0.25, 0.3) is 0 Å². The maximum Gasteiger partial charge on any atom is 0.292 e. The molecule has 7 nitrogen and oxygen atoms in total. The summed E-state index contributed by atoms with van der Waals surface area (Å²) < 4.78 is 27.0. The van der Waals surface area contributed by atoms with Gasteiger partial charge in [-0.2, -0.15) is 0 Å². The monoisotopic (exact) mass is 351 g/mol. The number of carbonyl (C=O) groups excluding carboxylic acids is 1. The minimum Gasteiger partial charge on any atom is -0.392 e. The highest BCUT2D eigenvalue weighted by atomic mass is 19.1. The summed E-state index contributed by atoms with van der Waals surface area (Å²) in [6.07, 6.45) is 0. The number of nitro groups is 1. The van der Waals surface area contributed by atoms with Gasteiger partial charge in [-0.15, -0.1) is 0 Å². The van der Waals surface area contributed by atoms with Crippen molar-refractivity contribution in [2.75, 3.05) is 18.4 Å². The van der Waals surface area contributed by atoms with Gasteiger partial charge in [0.15, 0.2) is 0 Å². The van der Waals surface area contributed by atoms with Gasteiger partial charge in [0.2, 0.25) is 0 Å². The Morgan fingerprint density at radius 3 is 2.44 bits per heavy atom. The number of hydrogen-bond donors (Lipinski definition) is 3. The molecule has 0 spiro atoms. The van der Waals surface area contributed by atoms with Crippen molar-refractivity contribution in [2.24, 2.45) is 0 Å². The molecule has 0 heterocycles. The SMILES string of the molecule is O=C(NCCNc1cc(CO)ccc1[N+](=O)[O-])c1c(F)cccc1F. The van der Waals surface area contributed by atoms with E-state index in [0.717, 1.165) is 18.2 Å². The highest BCUT2D eigenvalue weighted by Crippen LogP contribution is 2.25. The quantitative estimate of drug-likeness (QED) is 0.403. The number of aliphatic hydroxyl groups is 1. The van der Waals surface area contributed by atoms with Gasteiger partial charge in [0.05, 0.1) is 11.5 Å². The number of benzene rings is 2. The van der Waals surface area contributed by atoms with Crippen LogP contribution in [0.2, 0.25) is 0 Å². The zero-order chi connectivity index (χ0) is 18.4. The lowest BCUT2D eigenvalue weighted by Crippen LogP contribution is -2.30. The molecule has 9 heteroatoms. The van der Waals surface area contributed by atoms with Gasteiger partial charge >= 0.3 is 0 Å². The fourth-order valence-corrected chi connectivity index (χ4v) is 2.16. The molecular formula is C16H15F2N3O4. The summed E-state index contributed by atoms with van der Waals surface area (Å²) >= 11 is 0. The van der Waals surface area contributed by atoms with Crippen LogP contribution in [0.1, 0.15) is 15.9 Å². The number of rotatable bonds is 7. The number of nitro benzene ring substituents is 1. The van der Waals surface area contributed by atoms with E-state index in [1.165, 1.54) is 18.2 Å². The summed E-state index contributed by atoms with van der Waals surface area (Å²) in [4.78, 5) is 22.2. The average Bonchev–Trinajstić information content (AvgIpc) is 2.58. The predicted octanol–water partition coefficient (Wildman–Crippen LogP) is 2.21. The van der Waals surface area contributed by atoms with Crippen LogP contribution in [0.4, 0.5) is 20.2 Å². The Bertz CT molecular complexity index is 779. The minimum absolute atomic E-state index is 0.0207. The van der Waals surface area contributed by atoms with Crippen molar-refractivity contribution in [1.82, 2.24) is 5.32 Å². The van der Waals surface area contributed by atoms with Crippen molar-refractivity contribution in [2.45, 2.75) is 6.61 Å². The number of carbonyl (C=O) groups is 1. The average molecular weight is 351 g/mol. The Kier molecular flexibility index (Phi) is 5.96. The highest BCUT2D eigenvalue weighted by molar-refractivity contribution is 5.94. The molecule has 25 heavy (non-hydrogen) atoms. The van der Waals surface area contributed by atoms with E-state index in [-0.39, 0.29) is 31.1 Å². The summed E-state index contributed by atoms with van der Waals surface area (Å²) in [6, 6.07) is 7.18. The number of nitrogens with one attached hydrogen (secondary N) is 2. The smallest absolute Gasteiger partial charge is 0.292 e. The first kappa shape index (κ1) is 18.3. The van der Waals surface area contributed by atoms with Crippen molar-refractivity contribution in [3.05, 3.63) is 69.3 Å². The summed E-state index contributed by atoms with van der Waals surface area (Å²) in [5, 5.41) is 25.1. The molecule has 0 aromatic heterocycles. The third-order valence-corrected chi connectivity index (χ3v) is 3.36. The maximum atomic E-state index is 13.5. The molecule has 2 aromatic rings. The molecule has 0 aliphatic carbocycles. The van der Waals surface area contributed by atoms with E-state index in [9.17, 15) is 23.7 Å². The molecule has 1 amide bonds. The summed E-state index contributed by atoms with van der Waals surface area (Å²) in [5.74, 6) is -2.87. The topological polar surface area (TPSA) is 104 Å². The minimum atomic E-state index is -0.975. The van der Waals surface area contributed by atoms with Crippen LogP contribution in [-0.2, 0) is 6.61 Å². The van der Waals surface area contributed by atoms with Crippen molar-refractivity contribution < 1.29 is 23.6 Å². The molecule has 0 aliphatic rings. The molecule has 0 saturated heterocycles. The molecule has 0 unspecified atom stereocenters. The zero-order valence-electron chi connectivity index (χ0n) is 13.0. The molecule has 0 fully saturated rings. The van der Waals surface area contributed by atoms with Crippen LogP contribution in [0.3, 0.4) is 0 Å². The second-order valence-electron chi connectivity index (χ2n) is 5.05. The molecule has 0 aliphatic heterocycles. The predicted molar refractivity (Wildman–Crippen MR) is 86.2 cm³/mol. The molecule has 0 atom stereocenters. The Hall–Kier alpha value is -3.07. The van der Waals surface area contributed by atoms with Crippen molar-refractivity contribution in [3.8, 4) is 0 Å². The van der Waals surface area contributed by atoms with E-state index in [1.807, 2.05) is 0 Å². The first-order chi connectivity index (χ1) is 11.9. The van der Waals surface area contributed by atoms with E-state index in [4.69, 9.17) is 5.11 Å². The van der Waals surface area contributed by atoms with Gasteiger partial charge < -0.3 is 15.7 Å². The van der Waals surface area contributed by atoms with Crippen molar-refractivity contribution in [1.29, 1.82) is 0 Å². The number of aliphatic hydroxyl groups excluding tert-OH is 1. The zero-order valence-corrected chi connectivity index (χ0v) is 13.0. The summed E-state index contributed by atoms with van der Waals surface area (Å²) in [6.45, 7) is -0.222. The Balaban J connectivity index is 1.97. The summed E-state index contributed by atoms with van der Waals surface area (Å²) in [5.41, 5.74) is -0.229. The molecule has 2 aromatic carbocycles. The first-order valence-corrected chi connectivity index (χ1v) is 7.28.